The van der Waals surface area contributed by atoms with E-state index in [4.69, 9.17) is 9.47 Å². The fourth-order valence-corrected chi connectivity index (χ4v) is 1.72. The summed E-state index contributed by atoms with van der Waals surface area (Å²) in [6, 6.07) is 5.18. The van der Waals surface area contributed by atoms with Gasteiger partial charge in [0.05, 0.1) is 26.3 Å². The second-order valence-electron chi connectivity index (χ2n) is 4.35. The Morgan fingerprint density at radius 1 is 1.21 bits per heavy atom. The zero-order valence-electron chi connectivity index (χ0n) is 12.1. The minimum absolute atomic E-state index is 0.0483. The van der Waals surface area contributed by atoms with Crippen LogP contribution >= 0.6 is 0 Å². The van der Waals surface area contributed by atoms with Crippen LogP contribution in [0.3, 0.4) is 0 Å². The molecule has 0 bridgehead atoms. The van der Waals surface area contributed by atoms with Crippen molar-refractivity contribution >= 4 is 5.91 Å². The Labute approximate surface area is 114 Å². The van der Waals surface area contributed by atoms with Crippen molar-refractivity contribution in [3.8, 4) is 11.5 Å². The molecule has 0 aliphatic rings. The fourth-order valence-electron chi connectivity index (χ4n) is 1.72. The average molecular weight is 266 g/mol. The number of carbonyl (C=O) groups excluding carboxylic acids is 1. The molecule has 0 fully saturated rings. The van der Waals surface area contributed by atoms with Crippen LogP contribution in [0.4, 0.5) is 0 Å². The summed E-state index contributed by atoms with van der Waals surface area (Å²) in [5, 5.41) is 5.84. The first-order valence-electron chi connectivity index (χ1n) is 6.23. The topological polar surface area (TPSA) is 59.6 Å². The maximum Gasteiger partial charge on any atom is 0.237 e. The Morgan fingerprint density at radius 2 is 1.89 bits per heavy atom. The summed E-state index contributed by atoms with van der Waals surface area (Å²) >= 11 is 0. The highest BCUT2D eigenvalue weighted by atomic mass is 16.5. The molecule has 19 heavy (non-hydrogen) atoms. The smallest absolute Gasteiger partial charge is 0.237 e. The third-order valence-corrected chi connectivity index (χ3v) is 3.09. The number of benzene rings is 1. The van der Waals surface area contributed by atoms with Crippen molar-refractivity contribution in [3.05, 3.63) is 23.8 Å². The summed E-state index contributed by atoms with van der Waals surface area (Å²) in [6.45, 7) is 3.73. The number of likely N-dealkylation sites (N-methyl/N-ethyl adjacent to an activating group) is 1. The van der Waals surface area contributed by atoms with Gasteiger partial charge in [0, 0.05) is 11.6 Å². The third-order valence-electron chi connectivity index (χ3n) is 3.09. The number of nitrogens with one attached hydrogen (secondary N) is 2. The zero-order valence-corrected chi connectivity index (χ0v) is 12.1. The molecule has 0 aliphatic carbocycles. The number of rotatable bonds is 6. The number of methoxy groups -OCH3 is 2. The Balaban J connectivity index is 2.87. The van der Waals surface area contributed by atoms with Crippen molar-refractivity contribution in [2.24, 2.45) is 0 Å². The zero-order chi connectivity index (χ0) is 14.4. The molecule has 1 aromatic rings. The Kier molecular flexibility index (Phi) is 5.63. The lowest BCUT2D eigenvalue weighted by Gasteiger charge is -2.20. The SMILES string of the molecule is CNC(C)C(=O)NC(C)c1ccc(OC)cc1OC. The van der Waals surface area contributed by atoms with Gasteiger partial charge >= 0.3 is 0 Å². The van der Waals surface area contributed by atoms with E-state index < -0.39 is 0 Å². The lowest BCUT2D eigenvalue weighted by Crippen LogP contribution is -2.41. The van der Waals surface area contributed by atoms with Crippen LogP contribution in [0.25, 0.3) is 0 Å². The van der Waals surface area contributed by atoms with Crippen LogP contribution in [0, 0.1) is 0 Å². The van der Waals surface area contributed by atoms with Crippen LogP contribution in [-0.4, -0.2) is 33.2 Å². The van der Waals surface area contributed by atoms with E-state index in [0.29, 0.717) is 5.75 Å². The highest BCUT2D eigenvalue weighted by Gasteiger charge is 2.17. The van der Waals surface area contributed by atoms with Crippen molar-refractivity contribution in [1.29, 1.82) is 0 Å². The normalized spacial score (nSPS) is 13.5. The molecule has 2 unspecified atom stereocenters. The molecule has 2 N–H and O–H groups in total. The van der Waals surface area contributed by atoms with Gasteiger partial charge in [-0.3, -0.25) is 4.79 Å². The first-order valence-corrected chi connectivity index (χ1v) is 6.23. The number of hydrogen-bond donors (Lipinski definition) is 2. The molecule has 2 atom stereocenters. The molecule has 0 saturated heterocycles. The molecule has 0 aliphatic heterocycles. The van der Waals surface area contributed by atoms with E-state index in [9.17, 15) is 4.79 Å². The largest absolute Gasteiger partial charge is 0.497 e. The Hall–Kier alpha value is -1.75. The molecule has 0 radical (unpaired) electrons. The van der Waals surface area contributed by atoms with Gasteiger partial charge in [0.1, 0.15) is 11.5 Å². The minimum atomic E-state index is -0.230. The maximum absolute atomic E-state index is 11.8. The van der Waals surface area contributed by atoms with Crippen LogP contribution in [-0.2, 0) is 4.79 Å². The van der Waals surface area contributed by atoms with Gasteiger partial charge < -0.3 is 20.1 Å². The van der Waals surface area contributed by atoms with Gasteiger partial charge in [0.15, 0.2) is 0 Å². The molecule has 0 saturated carbocycles. The summed E-state index contributed by atoms with van der Waals surface area (Å²) in [5.74, 6) is 1.37. The van der Waals surface area contributed by atoms with Gasteiger partial charge in [-0.25, -0.2) is 0 Å². The molecule has 1 rings (SSSR count). The third kappa shape index (κ3) is 3.86. The predicted molar refractivity (Wildman–Crippen MR) is 74.6 cm³/mol. The molecule has 1 aromatic carbocycles. The van der Waals surface area contributed by atoms with E-state index in [1.165, 1.54) is 0 Å². The van der Waals surface area contributed by atoms with Crippen molar-refractivity contribution in [2.75, 3.05) is 21.3 Å². The summed E-state index contributed by atoms with van der Waals surface area (Å²) in [4.78, 5) is 11.8. The standard InChI is InChI=1S/C14H22N2O3/c1-9(16-14(17)10(2)15-3)12-7-6-11(18-4)8-13(12)19-5/h6-10,15H,1-5H3,(H,16,17). The molecule has 106 valence electrons. The summed E-state index contributed by atoms with van der Waals surface area (Å²) in [5.41, 5.74) is 0.917. The van der Waals surface area contributed by atoms with Crippen molar-refractivity contribution in [1.82, 2.24) is 10.6 Å². The lowest BCUT2D eigenvalue weighted by atomic mass is 10.1. The van der Waals surface area contributed by atoms with Gasteiger partial charge in [-0.1, -0.05) is 0 Å². The molecular formula is C14H22N2O3. The highest BCUT2D eigenvalue weighted by molar-refractivity contribution is 5.81. The van der Waals surface area contributed by atoms with Gasteiger partial charge in [-0.2, -0.15) is 0 Å². The van der Waals surface area contributed by atoms with E-state index in [1.807, 2.05) is 26.0 Å². The highest BCUT2D eigenvalue weighted by Crippen LogP contribution is 2.29. The molecule has 0 heterocycles. The van der Waals surface area contributed by atoms with Gasteiger partial charge in [-0.15, -0.1) is 0 Å². The molecule has 0 spiro atoms. The second-order valence-corrected chi connectivity index (χ2v) is 4.35. The maximum atomic E-state index is 11.8. The summed E-state index contributed by atoms with van der Waals surface area (Å²) in [6.07, 6.45) is 0. The van der Waals surface area contributed by atoms with Crippen molar-refractivity contribution in [3.63, 3.8) is 0 Å². The minimum Gasteiger partial charge on any atom is -0.497 e. The van der Waals surface area contributed by atoms with Crippen LogP contribution in [0.2, 0.25) is 0 Å². The molecule has 0 aromatic heterocycles. The van der Waals surface area contributed by atoms with E-state index in [1.54, 1.807) is 27.3 Å². The van der Waals surface area contributed by atoms with Gasteiger partial charge in [0.25, 0.3) is 0 Å². The van der Waals surface area contributed by atoms with E-state index in [-0.39, 0.29) is 18.0 Å². The van der Waals surface area contributed by atoms with Crippen molar-refractivity contribution < 1.29 is 14.3 Å². The first-order chi connectivity index (χ1) is 9.03. The van der Waals surface area contributed by atoms with E-state index in [2.05, 4.69) is 10.6 Å². The van der Waals surface area contributed by atoms with E-state index >= 15 is 0 Å². The van der Waals surface area contributed by atoms with Gasteiger partial charge in [0.2, 0.25) is 5.91 Å². The second kappa shape index (κ2) is 6.99. The van der Waals surface area contributed by atoms with Crippen LogP contribution < -0.4 is 20.1 Å². The quantitative estimate of drug-likeness (QED) is 0.819. The van der Waals surface area contributed by atoms with Crippen LogP contribution in [0.1, 0.15) is 25.5 Å². The number of hydrogen-bond acceptors (Lipinski definition) is 4. The predicted octanol–water partition coefficient (Wildman–Crippen LogP) is 1.49. The lowest BCUT2D eigenvalue weighted by molar-refractivity contribution is -0.123. The average Bonchev–Trinajstić information content (AvgIpc) is 2.45. The first kappa shape index (κ1) is 15.3. The van der Waals surface area contributed by atoms with E-state index in [0.717, 1.165) is 11.3 Å². The molecule has 5 nitrogen and oxygen atoms in total. The molecule has 1 amide bonds. The molecular weight excluding hydrogens is 244 g/mol. The van der Waals surface area contributed by atoms with Crippen LogP contribution in [0.5, 0.6) is 11.5 Å². The van der Waals surface area contributed by atoms with Crippen molar-refractivity contribution in [2.45, 2.75) is 25.9 Å². The fraction of sp³-hybridized carbons (Fsp3) is 0.500. The summed E-state index contributed by atoms with van der Waals surface area (Å²) in [7, 11) is 4.96. The van der Waals surface area contributed by atoms with Gasteiger partial charge in [-0.05, 0) is 33.0 Å². The number of ether oxygens (including phenoxy) is 2. The van der Waals surface area contributed by atoms with Crippen LogP contribution in [0.15, 0.2) is 18.2 Å². The number of carbonyl (C=O) groups is 1. The Bertz CT molecular complexity index is 435. The number of amides is 1. The Morgan fingerprint density at radius 3 is 2.42 bits per heavy atom. The summed E-state index contributed by atoms with van der Waals surface area (Å²) < 4.78 is 10.5. The monoisotopic (exact) mass is 266 g/mol. The molecule has 5 heteroatoms.